The second-order valence-electron chi connectivity index (χ2n) is 5.78. The molecule has 3 aromatic rings. The molecule has 1 aromatic carbocycles. The third-order valence-electron chi connectivity index (χ3n) is 3.72. The Hall–Kier alpha value is -3.08. The van der Waals surface area contributed by atoms with Gasteiger partial charge in [-0.1, -0.05) is 23.8 Å². The van der Waals surface area contributed by atoms with Crippen LogP contribution in [0.25, 0.3) is 0 Å². The molecule has 1 amide bonds. The van der Waals surface area contributed by atoms with E-state index in [1.807, 2.05) is 62.4 Å². The number of aryl methyl sites for hydroxylation is 2. The zero-order valence-electron chi connectivity index (χ0n) is 14.3. The Kier molecular flexibility index (Phi) is 5.14. The lowest BCUT2D eigenvalue weighted by Crippen LogP contribution is -2.35. The van der Waals surface area contributed by atoms with Crippen molar-refractivity contribution in [3.05, 3.63) is 77.9 Å². The van der Waals surface area contributed by atoms with Gasteiger partial charge in [-0.05, 0) is 50.2 Å². The Balaban J connectivity index is 1.73. The van der Waals surface area contributed by atoms with Gasteiger partial charge in [0.1, 0.15) is 23.1 Å². The number of hydrogen-bond donors (Lipinski definition) is 0. The van der Waals surface area contributed by atoms with Gasteiger partial charge in [0.05, 0.1) is 6.54 Å². The first-order valence-corrected chi connectivity index (χ1v) is 8.08. The van der Waals surface area contributed by atoms with Gasteiger partial charge in [-0.15, -0.1) is 0 Å². The number of anilines is 1. The second-order valence-corrected chi connectivity index (χ2v) is 5.78. The average molecular weight is 336 g/mol. The molecule has 2 heterocycles. The fraction of sp³-hybridized carbons (Fsp3) is 0.200. The summed E-state index contributed by atoms with van der Waals surface area (Å²) < 4.78 is 11.2. The highest BCUT2D eigenvalue weighted by Crippen LogP contribution is 2.17. The molecule has 128 valence electrons. The molecule has 5 nitrogen and oxygen atoms in total. The summed E-state index contributed by atoms with van der Waals surface area (Å²) in [6.45, 7) is 4.11. The Morgan fingerprint density at radius 2 is 1.88 bits per heavy atom. The zero-order chi connectivity index (χ0) is 17.6. The van der Waals surface area contributed by atoms with Crippen LogP contribution in [0.1, 0.15) is 17.1 Å². The van der Waals surface area contributed by atoms with E-state index >= 15 is 0 Å². The molecule has 0 saturated heterocycles. The van der Waals surface area contributed by atoms with E-state index in [4.69, 9.17) is 9.15 Å². The summed E-state index contributed by atoms with van der Waals surface area (Å²) in [4.78, 5) is 18.6. The Morgan fingerprint density at radius 1 is 1.08 bits per heavy atom. The number of rotatable bonds is 6. The Morgan fingerprint density at radius 3 is 2.52 bits per heavy atom. The van der Waals surface area contributed by atoms with Crippen molar-refractivity contribution in [2.24, 2.45) is 0 Å². The van der Waals surface area contributed by atoms with Gasteiger partial charge in [0.25, 0.3) is 5.91 Å². The maximum absolute atomic E-state index is 12.7. The molecule has 0 spiro atoms. The van der Waals surface area contributed by atoms with Crippen LogP contribution in [0.5, 0.6) is 5.75 Å². The van der Waals surface area contributed by atoms with Crippen molar-refractivity contribution < 1.29 is 13.9 Å². The lowest BCUT2D eigenvalue weighted by atomic mass is 10.2. The monoisotopic (exact) mass is 336 g/mol. The molecule has 0 radical (unpaired) electrons. The molecule has 0 saturated carbocycles. The molecule has 0 atom stereocenters. The number of pyridine rings is 1. The summed E-state index contributed by atoms with van der Waals surface area (Å²) in [5, 5.41) is 0. The summed E-state index contributed by atoms with van der Waals surface area (Å²) >= 11 is 0. The maximum atomic E-state index is 12.7. The van der Waals surface area contributed by atoms with E-state index in [1.165, 1.54) is 0 Å². The molecule has 0 fully saturated rings. The van der Waals surface area contributed by atoms with Gasteiger partial charge in [-0.3, -0.25) is 9.69 Å². The van der Waals surface area contributed by atoms with Gasteiger partial charge in [-0.2, -0.15) is 0 Å². The van der Waals surface area contributed by atoms with Gasteiger partial charge < -0.3 is 9.15 Å². The predicted molar refractivity (Wildman–Crippen MR) is 95.5 cm³/mol. The van der Waals surface area contributed by atoms with Crippen LogP contribution < -0.4 is 9.64 Å². The molecule has 2 aromatic heterocycles. The van der Waals surface area contributed by atoms with E-state index < -0.39 is 0 Å². The summed E-state index contributed by atoms with van der Waals surface area (Å²) in [5.74, 6) is 2.54. The Bertz CT molecular complexity index is 826. The minimum atomic E-state index is -0.187. The number of carbonyl (C=O) groups excluding carboxylic acids is 1. The number of furan rings is 1. The van der Waals surface area contributed by atoms with Crippen LogP contribution in [0.2, 0.25) is 0 Å². The SMILES string of the molecule is Cc1ccc(OCC(=O)N(Cc2ccc(C)o2)c2ccccn2)cc1. The second kappa shape index (κ2) is 7.66. The lowest BCUT2D eigenvalue weighted by Gasteiger charge is -2.20. The van der Waals surface area contributed by atoms with E-state index in [0.29, 0.717) is 23.9 Å². The number of carbonyl (C=O) groups is 1. The van der Waals surface area contributed by atoms with Crippen molar-refractivity contribution in [1.29, 1.82) is 0 Å². The number of ether oxygens (including phenoxy) is 1. The fourth-order valence-electron chi connectivity index (χ4n) is 2.39. The van der Waals surface area contributed by atoms with Crippen molar-refractivity contribution in [1.82, 2.24) is 4.98 Å². The molecule has 3 rings (SSSR count). The molecule has 25 heavy (non-hydrogen) atoms. The minimum Gasteiger partial charge on any atom is -0.484 e. The molecule has 5 heteroatoms. The van der Waals surface area contributed by atoms with Gasteiger partial charge in [0.15, 0.2) is 6.61 Å². The smallest absolute Gasteiger partial charge is 0.266 e. The molecule has 0 bridgehead atoms. The first-order chi connectivity index (χ1) is 12.1. The van der Waals surface area contributed by atoms with Gasteiger partial charge in [0, 0.05) is 6.20 Å². The predicted octanol–water partition coefficient (Wildman–Crippen LogP) is 3.90. The zero-order valence-corrected chi connectivity index (χ0v) is 14.3. The van der Waals surface area contributed by atoms with E-state index in [0.717, 1.165) is 11.3 Å². The van der Waals surface area contributed by atoms with Crippen LogP contribution in [-0.2, 0) is 11.3 Å². The minimum absolute atomic E-state index is 0.0701. The van der Waals surface area contributed by atoms with Crippen LogP contribution in [0.15, 0.2) is 65.2 Å². The molecular formula is C20H20N2O3. The normalized spacial score (nSPS) is 10.5. The van der Waals surface area contributed by atoms with E-state index in [9.17, 15) is 4.79 Å². The van der Waals surface area contributed by atoms with Crippen molar-refractivity contribution in [3.8, 4) is 5.75 Å². The lowest BCUT2D eigenvalue weighted by molar-refractivity contribution is -0.120. The number of aromatic nitrogens is 1. The van der Waals surface area contributed by atoms with Crippen LogP contribution in [0, 0.1) is 13.8 Å². The topological polar surface area (TPSA) is 55.6 Å². The van der Waals surface area contributed by atoms with Gasteiger partial charge in [0.2, 0.25) is 0 Å². The standard InChI is InChI=1S/C20H20N2O3/c1-15-6-9-17(10-7-15)24-14-20(23)22(19-5-3-4-12-21-19)13-18-11-8-16(2)25-18/h3-12H,13-14H2,1-2H3. The molecule has 0 aliphatic carbocycles. The van der Waals surface area contributed by atoms with Crippen molar-refractivity contribution in [2.75, 3.05) is 11.5 Å². The van der Waals surface area contributed by atoms with Crippen molar-refractivity contribution in [2.45, 2.75) is 20.4 Å². The third kappa shape index (κ3) is 4.47. The number of hydrogen-bond acceptors (Lipinski definition) is 4. The van der Waals surface area contributed by atoms with Crippen LogP contribution in [-0.4, -0.2) is 17.5 Å². The van der Waals surface area contributed by atoms with Crippen LogP contribution in [0.4, 0.5) is 5.82 Å². The largest absolute Gasteiger partial charge is 0.484 e. The van der Waals surface area contributed by atoms with E-state index in [1.54, 1.807) is 17.2 Å². The van der Waals surface area contributed by atoms with Crippen molar-refractivity contribution >= 4 is 11.7 Å². The highest BCUT2D eigenvalue weighted by atomic mass is 16.5. The molecular weight excluding hydrogens is 316 g/mol. The highest BCUT2D eigenvalue weighted by Gasteiger charge is 2.19. The van der Waals surface area contributed by atoms with E-state index in [2.05, 4.69) is 4.98 Å². The number of nitrogens with zero attached hydrogens (tertiary/aromatic N) is 2. The molecule has 0 aliphatic rings. The van der Waals surface area contributed by atoms with Gasteiger partial charge >= 0.3 is 0 Å². The first-order valence-electron chi connectivity index (χ1n) is 8.08. The summed E-state index contributed by atoms with van der Waals surface area (Å²) in [5.41, 5.74) is 1.14. The summed E-state index contributed by atoms with van der Waals surface area (Å²) in [6.07, 6.45) is 1.66. The van der Waals surface area contributed by atoms with Crippen LogP contribution in [0.3, 0.4) is 0 Å². The fourth-order valence-corrected chi connectivity index (χ4v) is 2.39. The van der Waals surface area contributed by atoms with Crippen molar-refractivity contribution in [3.63, 3.8) is 0 Å². The maximum Gasteiger partial charge on any atom is 0.266 e. The van der Waals surface area contributed by atoms with Crippen LogP contribution >= 0.6 is 0 Å². The molecule has 0 aliphatic heterocycles. The molecule has 0 N–H and O–H groups in total. The van der Waals surface area contributed by atoms with E-state index in [-0.39, 0.29) is 12.5 Å². The Labute approximate surface area is 146 Å². The number of amides is 1. The quantitative estimate of drug-likeness (QED) is 0.685. The molecule has 0 unspecified atom stereocenters. The summed E-state index contributed by atoms with van der Waals surface area (Å²) in [6, 6.07) is 16.8. The van der Waals surface area contributed by atoms with Gasteiger partial charge in [-0.25, -0.2) is 4.98 Å². The first kappa shape index (κ1) is 16.8. The number of benzene rings is 1. The third-order valence-corrected chi connectivity index (χ3v) is 3.72. The summed E-state index contributed by atoms with van der Waals surface area (Å²) in [7, 11) is 0. The average Bonchev–Trinajstić information content (AvgIpc) is 3.05. The highest BCUT2D eigenvalue weighted by molar-refractivity contribution is 5.93.